The van der Waals surface area contributed by atoms with Crippen LogP contribution in [0.25, 0.3) is 11.1 Å². The number of fused-ring (bicyclic) bond motifs is 3. The minimum atomic E-state index is -1.14. The van der Waals surface area contributed by atoms with Crippen LogP contribution in [0, 0.1) is 0 Å². The first-order valence-electron chi connectivity index (χ1n) is 8.95. The van der Waals surface area contributed by atoms with Crippen LogP contribution < -0.4 is 0 Å². The maximum Gasteiger partial charge on any atom is 0.317 e. The molecule has 2 aromatic carbocycles. The third-order valence-corrected chi connectivity index (χ3v) is 4.72. The summed E-state index contributed by atoms with van der Waals surface area (Å²) in [5, 5.41) is 17.7. The molecule has 7 nitrogen and oxygen atoms in total. The van der Waals surface area contributed by atoms with Gasteiger partial charge in [-0.25, -0.2) is 0 Å². The highest BCUT2D eigenvalue weighted by Crippen LogP contribution is 2.44. The Bertz CT molecular complexity index is 832. The molecular weight excluding hydrogens is 362 g/mol. The number of hydrogen-bond acceptors (Lipinski definition) is 5. The van der Waals surface area contributed by atoms with Gasteiger partial charge in [0, 0.05) is 12.5 Å². The molecule has 0 heterocycles. The van der Waals surface area contributed by atoms with E-state index in [0.717, 1.165) is 22.3 Å². The second-order valence-electron chi connectivity index (χ2n) is 6.66. The Morgan fingerprint density at radius 3 is 1.86 bits per heavy atom. The zero-order valence-corrected chi connectivity index (χ0v) is 15.2. The highest BCUT2D eigenvalue weighted by molar-refractivity contribution is 5.79. The third kappa shape index (κ3) is 4.55. The van der Waals surface area contributed by atoms with E-state index in [0.29, 0.717) is 0 Å². The zero-order chi connectivity index (χ0) is 20.1. The summed E-state index contributed by atoms with van der Waals surface area (Å²) in [6.07, 6.45) is -0.0728. The van der Waals surface area contributed by atoms with Gasteiger partial charge in [0.15, 0.2) is 0 Å². The van der Waals surface area contributed by atoms with E-state index in [1.807, 2.05) is 48.5 Å². The van der Waals surface area contributed by atoms with Crippen LogP contribution in [0.15, 0.2) is 48.5 Å². The standard InChI is InChI=1S/C21H21NO6/c23-19(24)11-22(12-20(25)26)10-9-21(27)28-13-18-16-7-3-1-5-14(16)15-6-2-4-8-17(15)18/h1-8,18H,9-13H2,(H,23,24)(H,25,26). The van der Waals surface area contributed by atoms with E-state index < -0.39 is 31.0 Å². The molecule has 0 aliphatic heterocycles. The molecule has 146 valence electrons. The highest BCUT2D eigenvalue weighted by Gasteiger charge is 2.29. The van der Waals surface area contributed by atoms with E-state index in [1.54, 1.807) is 0 Å². The van der Waals surface area contributed by atoms with Gasteiger partial charge in [0.25, 0.3) is 0 Å². The van der Waals surface area contributed by atoms with E-state index in [1.165, 1.54) is 4.90 Å². The fourth-order valence-electron chi connectivity index (χ4n) is 3.53. The summed E-state index contributed by atoms with van der Waals surface area (Å²) in [5.41, 5.74) is 4.48. The van der Waals surface area contributed by atoms with Crippen molar-refractivity contribution in [3.63, 3.8) is 0 Å². The van der Waals surface area contributed by atoms with Crippen molar-refractivity contribution in [3.8, 4) is 11.1 Å². The van der Waals surface area contributed by atoms with E-state index in [9.17, 15) is 14.4 Å². The van der Waals surface area contributed by atoms with Crippen molar-refractivity contribution in [1.29, 1.82) is 0 Å². The molecule has 0 bridgehead atoms. The number of hydrogen-bond donors (Lipinski definition) is 2. The van der Waals surface area contributed by atoms with Crippen LogP contribution >= 0.6 is 0 Å². The topological polar surface area (TPSA) is 104 Å². The first kappa shape index (κ1) is 19.6. The monoisotopic (exact) mass is 383 g/mol. The Labute approximate surface area is 162 Å². The molecule has 1 aliphatic carbocycles. The number of aliphatic carboxylic acids is 2. The average Bonchev–Trinajstić information content (AvgIpc) is 2.97. The smallest absolute Gasteiger partial charge is 0.317 e. The minimum Gasteiger partial charge on any atom is -0.480 e. The molecule has 1 aliphatic rings. The van der Waals surface area contributed by atoms with Crippen molar-refractivity contribution in [2.24, 2.45) is 0 Å². The van der Waals surface area contributed by atoms with Crippen molar-refractivity contribution in [2.45, 2.75) is 12.3 Å². The summed E-state index contributed by atoms with van der Waals surface area (Å²) in [6, 6.07) is 16.0. The fraction of sp³-hybridized carbons (Fsp3) is 0.286. The summed E-state index contributed by atoms with van der Waals surface area (Å²) in [4.78, 5) is 35.0. The van der Waals surface area contributed by atoms with Crippen molar-refractivity contribution < 1.29 is 29.3 Å². The molecule has 0 spiro atoms. The molecule has 0 saturated carbocycles. The first-order valence-corrected chi connectivity index (χ1v) is 8.95. The number of carbonyl (C=O) groups is 3. The predicted octanol–water partition coefficient (Wildman–Crippen LogP) is 2.20. The molecule has 7 heteroatoms. The van der Waals surface area contributed by atoms with E-state index in [-0.39, 0.29) is 25.5 Å². The van der Waals surface area contributed by atoms with Gasteiger partial charge in [0.2, 0.25) is 0 Å². The molecule has 2 aromatic rings. The lowest BCUT2D eigenvalue weighted by molar-refractivity contribution is -0.147. The van der Waals surface area contributed by atoms with E-state index in [2.05, 4.69) is 0 Å². The van der Waals surface area contributed by atoms with Gasteiger partial charge in [-0.15, -0.1) is 0 Å². The van der Waals surface area contributed by atoms with Gasteiger partial charge in [-0.05, 0) is 22.3 Å². The molecule has 0 aromatic heterocycles. The van der Waals surface area contributed by atoms with Gasteiger partial charge < -0.3 is 14.9 Å². The van der Waals surface area contributed by atoms with Crippen molar-refractivity contribution in [1.82, 2.24) is 4.90 Å². The predicted molar refractivity (Wildman–Crippen MR) is 101 cm³/mol. The van der Waals surface area contributed by atoms with Crippen molar-refractivity contribution in [2.75, 3.05) is 26.2 Å². The van der Waals surface area contributed by atoms with Crippen LogP contribution in [-0.2, 0) is 19.1 Å². The number of ether oxygens (including phenoxy) is 1. The molecule has 0 amide bonds. The summed E-state index contributed by atoms with van der Waals surface area (Å²) < 4.78 is 5.44. The number of rotatable bonds is 9. The Kier molecular flexibility index (Phi) is 6.06. The van der Waals surface area contributed by atoms with Gasteiger partial charge in [-0.3, -0.25) is 19.3 Å². The van der Waals surface area contributed by atoms with Crippen molar-refractivity contribution >= 4 is 17.9 Å². The number of benzene rings is 2. The van der Waals surface area contributed by atoms with Crippen LogP contribution in [0.1, 0.15) is 23.5 Å². The maximum absolute atomic E-state index is 12.2. The Hall–Kier alpha value is -3.19. The molecular formula is C21H21NO6. The molecule has 0 fully saturated rings. The molecule has 28 heavy (non-hydrogen) atoms. The Morgan fingerprint density at radius 1 is 0.857 bits per heavy atom. The average molecular weight is 383 g/mol. The lowest BCUT2D eigenvalue weighted by Gasteiger charge is -2.18. The summed E-state index contributed by atoms with van der Waals surface area (Å²) >= 11 is 0. The lowest BCUT2D eigenvalue weighted by Crippen LogP contribution is -2.36. The van der Waals surface area contributed by atoms with Crippen LogP contribution in [0.5, 0.6) is 0 Å². The van der Waals surface area contributed by atoms with Gasteiger partial charge in [-0.2, -0.15) is 0 Å². The molecule has 2 N–H and O–H groups in total. The Balaban J connectivity index is 1.60. The van der Waals surface area contributed by atoms with Crippen LogP contribution in [0.2, 0.25) is 0 Å². The largest absolute Gasteiger partial charge is 0.480 e. The Morgan fingerprint density at radius 2 is 1.36 bits per heavy atom. The molecule has 0 atom stereocenters. The first-order chi connectivity index (χ1) is 13.5. The number of nitrogens with zero attached hydrogens (tertiary/aromatic N) is 1. The van der Waals surface area contributed by atoms with Crippen LogP contribution in [0.3, 0.4) is 0 Å². The summed E-state index contributed by atoms with van der Waals surface area (Å²) in [5.74, 6) is -2.82. The minimum absolute atomic E-state index is 0.00920. The molecule has 3 rings (SSSR count). The number of carboxylic acids is 2. The summed E-state index contributed by atoms with van der Waals surface area (Å²) in [6.45, 7) is -0.689. The number of carbonyl (C=O) groups excluding carboxylic acids is 1. The fourth-order valence-corrected chi connectivity index (χ4v) is 3.53. The van der Waals surface area contributed by atoms with Gasteiger partial charge in [-0.1, -0.05) is 48.5 Å². The van der Waals surface area contributed by atoms with Gasteiger partial charge >= 0.3 is 17.9 Å². The van der Waals surface area contributed by atoms with E-state index in [4.69, 9.17) is 14.9 Å². The number of carboxylic acid groups (broad SMARTS) is 2. The quantitative estimate of drug-likeness (QED) is 0.640. The van der Waals surface area contributed by atoms with Crippen molar-refractivity contribution in [3.05, 3.63) is 59.7 Å². The molecule has 0 radical (unpaired) electrons. The second-order valence-corrected chi connectivity index (χ2v) is 6.66. The van der Waals surface area contributed by atoms with E-state index >= 15 is 0 Å². The second kappa shape index (κ2) is 8.67. The zero-order valence-electron chi connectivity index (χ0n) is 15.2. The lowest BCUT2D eigenvalue weighted by atomic mass is 9.98. The number of esters is 1. The highest BCUT2D eigenvalue weighted by atomic mass is 16.5. The maximum atomic E-state index is 12.2. The SMILES string of the molecule is O=C(O)CN(CCC(=O)OCC1c2ccccc2-c2ccccc21)CC(=O)O. The van der Waals surface area contributed by atoms with Crippen LogP contribution in [0.4, 0.5) is 0 Å². The summed E-state index contributed by atoms with van der Waals surface area (Å²) in [7, 11) is 0. The molecule has 0 unspecified atom stereocenters. The van der Waals surface area contributed by atoms with Gasteiger partial charge in [0.1, 0.15) is 6.61 Å². The molecule has 0 saturated heterocycles. The van der Waals surface area contributed by atoms with Gasteiger partial charge in [0.05, 0.1) is 19.5 Å². The normalized spacial score (nSPS) is 12.5. The van der Waals surface area contributed by atoms with Crippen LogP contribution in [-0.4, -0.2) is 59.3 Å². The third-order valence-electron chi connectivity index (χ3n) is 4.72.